The molecule has 0 aliphatic carbocycles. The first-order chi connectivity index (χ1) is 13.2. The zero-order valence-corrected chi connectivity index (χ0v) is 16.2. The molecular formula is C23H26N2O2. The van der Waals surface area contributed by atoms with E-state index in [1.165, 1.54) is 34.8 Å². The van der Waals surface area contributed by atoms with Crippen molar-refractivity contribution < 1.29 is 9.53 Å². The van der Waals surface area contributed by atoms with Crippen molar-refractivity contribution in [2.75, 3.05) is 7.11 Å². The van der Waals surface area contributed by atoms with E-state index in [1.807, 2.05) is 6.07 Å². The van der Waals surface area contributed by atoms with E-state index in [1.54, 1.807) is 0 Å². The van der Waals surface area contributed by atoms with E-state index in [0.717, 1.165) is 13.0 Å². The topological polar surface area (TPSA) is 34.5 Å². The number of carbonyl (C=O) groups excluding carboxylic acids is 1. The van der Waals surface area contributed by atoms with Crippen molar-refractivity contribution in [1.29, 1.82) is 0 Å². The number of methoxy groups -OCH3 is 1. The number of para-hydroxylation sites is 1. The SMILES string of the molecule is CC[C@H]1c2c(c3ccccc3n2C)C[C@@H](C(=O)OC)N1Cc1ccccc1. The molecule has 2 atom stereocenters. The third kappa shape index (κ3) is 2.94. The molecule has 0 saturated carbocycles. The Morgan fingerprint density at radius 2 is 1.81 bits per heavy atom. The fourth-order valence-corrected chi connectivity index (χ4v) is 4.61. The number of hydrogen-bond donors (Lipinski definition) is 0. The predicted molar refractivity (Wildman–Crippen MR) is 107 cm³/mol. The van der Waals surface area contributed by atoms with Gasteiger partial charge in [-0.3, -0.25) is 9.69 Å². The summed E-state index contributed by atoms with van der Waals surface area (Å²) in [4.78, 5) is 15.0. The van der Waals surface area contributed by atoms with Gasteiger partial charge in [0.25, 0.3) is 0 Å². The smallest absolute Gasteiger partial charge is 0.323 e. The molecule has 27 heavy (non-hydrogen) atoms. The normalized spacial score (nSPS) is 19.8. The first kappa shape index (κ1) is 17.8. The van der Waals surface area contributed by atoms with Gasteiger partial charge in [-0.05, 0) is 23.6 Å². The molecule has 3 aromatic rings. The van der Waals surface area contributed by atoms with Crippen molar-refractivity contribution in [2.45, 2.75) is 38.4 Å². The molecule has 1 aliphatic rings. The number of hydrogen-bond acceptors (Lipinski definition) is 3. The molecule has 0 fully saturated rings. The number of fused-ring (bicyclic) bond motifs is 3. The van der Waals surface area contributed by atoms with E-state index in [2.05, 4.69) is 72.0 Å². The zero-order chi connectivity index (χ0) is 19.0. The largest absolute Gasteiger partial charge is 0.468 e. The molecule has 0 unspecified atom stereocenters. The summed E-state index contributed by atoms with van der Waals surface area (Å²) in [6, 6.07) is 18.8. The minimum absolute atomic E-state index is 0.150. The maximum atomic E-state index is 12.7. The van der Waals surface area contributed by atoms with Crippen molar-refractivity contribution in [2.24, 2.45) is 7.05 Å². The van der Waals surface area contributed by atoms with Crippen molar-refractivity contribution >= 4 is 16.9 Å². The lowest BCUT2D eigenvalue weighted by atomic mass is 9.89. The van der Waals surface area contributed by atoms with Crippen LogP contribution in [0.4, 0.5) is 0 Å². The van der Waals surface area contributed by atoms with E-state index in [9.17, 15) is 4.79 Å². The van der Waals surface area contributed by atoms with Crippen LogP contribution in [0.1, 0.15) is 36.2 Å². The number of carbonyl (C=O) groups is 1. The summed E-state index contributed by atoms with van der Waals surface area (Å²) in [5.41, 5.74) is 5.06. The summed E-state index contributed by atoms with van der Waals surface area (Å²) in [6.45, 7) is 2.93. The van der Waals surface area contributed by atoms with Crippen LogP contribution in [0.25, 0.3) is 10.9 Å². The number of rotatable bonds is 4. The number of aryl methyl sites for hydroxylation is 1. The van der Waals surface area contributed by atoms with Gasteiger partial charge in [0, 0.05) is 36.6 Å². The van der Waals surface area contributed by atoms with Crippen molar-refractivity contribution in [3.63, 3.8) is 0 Å². The van der Waals surface area contributed by atoms with E-state index < -0.39 is 0 Å². The highest BCUT2D eigenvalue weighted by Gasteiger charge is 2.40. The molecule has 4 rings (SSSR count). The van der Waals surface area contributed by atoms with Crippen LogP contribution in [0.2, 0.25) is 0 Å². The first-order valence-corrected chi connectivity index (χ1v) is 9.59. The third-order valence-corrected chi connectivity index (χ3v) is 5.84. The Bertz CT molecular complexity index is 961. The Labute approximate surface area is 160 Å². The fourth-order valence-electron chi connectivity index (χ4n) is 4.61. The predicted octanol–water partition coefficient (Wildman–Crippen LogP) is 4.23. The van der Waals surface area contributed by atoms with Gasteiger partial charge in [-0.1, -0.05) is 55.5 Å². The second-order valence-corrected chi connectivity index (χ2v) is 7.27. The number of benzene rings is 2. The maximum Gasteiger partial charge on any atom is 0.323 e. The molecular weight excluding hydrogens is 336 g/mol. The summed E-state index contributed by atoms with van der Waals surface area (Å²) in [5.74, 6) is -0.150. The van der Waals surface area contributed by atoms with Gasteiger partial charge in [-0.15, -0.1) is 0 Å². The van der Waals surface area contributed by atoms with Crippen molar-refractivity contribution in [1.82, 2.24) is 9.47 Å². The van der Waals surface area contributed by atoms with Gasteiger partial charge in [0.05, 0.1) is 13.2 Å². The molecule has 2 aromatic carbocycles. The highest BCUT2D eigenvalue weighted by molar-refractivity contribution is 5.87. The van der Waals surface area contributed by atoms with Crippen LogP contribution in [-0.4, -0.2) is 28.6 Å². The average molecular weight is 362 g/mol. The van der Waals surface area contributed by atoms with Crippen LogP contribution < -0.4 is 0 Å². The monoisotopic (exact) mass is 362 g/mol. The van der Waals surface area contributed by atoms with Crippen molar-refractivity contribution in [3.8, 4) is 0 Å². The van der Waals surface area contributed by atoms with Crippen LogP contribution in [0.5, 0.6) is 0 Å². The molecule has 1 aliphatic heterocycles. The minimum Gasteiger partial charge on any atom is -0.468 e. The second kappa shape index (κ2) is 7.20. The van der Waals surface area contributed by atoms with E-state index >= 15 is 0 Å². The summed E-state index contributed by atoms with van der Waals surface area (Å²) in [7, 11) is 3.63. The molecule has 0 amide bonds. The number of ether oxygens (including phenoxy) is 1. The van der Waals surface area contributed by atoms with Crippen LogP contribution in [-0.2, 0) is 29.5 Å². The lowest BCUT2D eigenvalue weighted by Gasteiger charge is -2.41. The lowest BCUT2D eigenvalue weighted by molar-refractivity contribution is -0.149. The average Bonchev–Trinajstić information content (AvgIpc) is 3.00. The Balaban J connectivity index is 1.86. The summed E-state index contributed by atoms with van der Waals surface area (Å²) >= 11 is 0. The summed E-state index contributed by atoms with van der Waals surface area (Å²) in [6.07, 6.45) is 1.63. The summed E-state index contributed by atoms with van der Waals surface area (Å²) in [5, 5.41) is 1.25. The maximum absolute atomic E-state index is 12.7. The quantitative estimate of drug-likeness (QED) is 0.652. The molecule has 4 nitrogen and oxygen atoms in total. The van der Waals surface area contributed by atoms with Crippen LogP contribution >= 0.6 is 0 Å². The van der Waals surface area contributed by atoms with Gasteiger partial charge in [0.2, 0.25) is 0 Å². The Morgan fingerprint density at radius 3 is 2.52 bits per heavy atom. The molecule has 4 heteroatoms. The molecule has 0 radical (unpaired) electrons. The number of aromatic nitrogens is 1. The second-order valence-electron chi connectivity index (χ2n) is 7.27. The third-order valence-electron chi connectivity index (χ3n) is 5.84. The highest BCUT2D eigenvalue weighted by atomic mass is 16.5. The van der Waals surface area contributed by atoms with Crippen LogP contribution in [0.3, 0.4) is 0 Å². The Kier molecular flexibility index (Phi) is 4.75. The Hall–Kier alpha value is -2.59. The zero-order valence-electron chi connectivity index (χ0n) is 16.2. The van der Waals surface area contributed by atoms with Crippen LogP contribution in [0.15, 0.2) is 54.6 Å². The summed E-state index contributed by atoms with van der Waals surface area (Å²) < 4.78 is 7.51. The van der Waals surface area contributed by atoms with Gasteiger partial charge in [0.1, 0.15) is 6.04 Å². The van der Waals surface area contributed by atoms with Crippen molar-refractivity contribution in [3.05, 3.63) is 71.4 Å². The number of esters is 1. The Morgan fingerprint density at radius 1 is 1.11 bits per heavy atom. The highest BCUT2D eigenvalue weighted by Crippen LogP contribution is 2.41. The number of nitrogens with zero attached hydrogens (tertiary/aromatic N) is 2. The fraction of sp³-hybridized carbons (Fsp3) is 0.348. The van der Waals surface area contributed by atoms with E-state index in [-0.39, 0.29) is 18.1 Å². The van der Waals surface area contributed by atoms with E-state index in [4.69, 9.17) is 4.74 Å². The van der Waals surface area contributed by atoms with Gasteiger partial charge in [0.15, 0.2) is 0 Å². The molecule has 0 bridgehead atoms. The van der Waals surface area contributed by atoms with Gasteiger partial charge in [-0.25, -0.2) is 0 Å². The lowest BCUT2D eigenvalue weighted by Crippen LogP contribution is -2.48. The van der Waals surface area contributed by atoms with Gasteiger partial charge in [-0.2, -0.15) is 0 Å². The molecule has 2 heterocycles. The molecule has 0 N–H and O–H groups in total. The molecule has 140 valence electrons. The van der Waals surface area contributed by atoms with Gasteiger partial charge >= 0.3 is 5.97 Å². The van der Waals surface area contributed by atoms with Crippen LogP contribution in [0, 0.1) is 0 Å². The molecule has 1 aromatic heterocycles. The van der Waals surface area contributed by atoms with Gasteiger partial charge < -0.3 is 9.30 Å². The van der Waals surface area contributed by atoms with E-state index in [0.29, 0.717) is 6.42 Å². The standard InChI is InChI=1S/C23H26N2O2/c1-4-19-22-18(17-12-8-9-13-20(17)24(22)2)14-21(23(26)27-3)25(19)15-16-10-6-5-7-11-16/h5-13,19,21H,4,14-15H2,1-3H3/t19-,21-/m0/s1. The minimum atomic E-state index is -0.265. The molecule has 0 saturated heterocycles. The first-order valence-electron chi connectivity index (χ1n) is 9.59. The molecule has 0 spiro atoms.